The lowest BCUT2D eigenvalue weighted by Gasteiger charge is -2.27. The molecular formula is C17H25N5O2. The second-order valence-corrected chi connectivity index (χ2v) is 6.55. The van der Waals surface area contributed by atoms with Crippen LogP contribution in [-0.4, -0.2) is 60.2 Å². The summed E-state index contributed by atoms with van der Waals surface area (Å²) in [6.45, 7) is 11.5. The predicted molar refractivity (Wildman–Crippen MR) is 92.3 cm³/mol. The number of hydrogen-bond donors (Lipinski definition) is 2. The average molecular weight is 331 g/mol. The highest BCUT2D eigenvalue weighted by molar-refractivity contribution is 6.06. The van der Waals surface area contributed by atoms with Crippen molar-refractivity contribution in [1.82, 2.24) is 25.7 Å². The number of hydrogen-bond acceptors (Lipinski definition) is 6. The van der Waals surface area contributed by atoms with Gasteiger partial charge in [0.25, 0.3) is 11.6 Å². The maximum atomic E-state index is 12.7. The van der Waals surface area contributed by atoms with Crippen LogP contribution in [0.15, 0.2) is 10.6 Å². The Morgan fingerprint density at radius 2 is 2.17 bits per heavy atom. The topological polar surface area (TPSA) is 83.3 Å². The van der Waals surface area contributed by atoms with E-state index in [2.05, 4.69) is 25.7 Å². The summed E-state index contributed by atoms with van der Waals surface area (Å²) in [7, 11) is 0. The zero-order chi connectivity index (χ0) is 17.1. The largest absolute Gasteiger partial charge is 0.351 e. The summed E-state index contributed by atoms with van der Waals surface area (Å²) in [6.07, 6.45) is 0. The maximum absolute atomic E-state index is 12.7. The van der Waals surface area contributed by atoms with E-state index in [1.165, 1.54) is 0 Å². The van der Waals surface area contributed by atoms with Gasteiger partial charge < -0.3 is 15.2 Å². The number of pyridine rings is 1. The van der Waals surface area contributed by atoms with Crippen LogP contribution < -0.4 is 10.6 Å². The molecule has 3 heterocycles. The quantitative estimate of drug-likeness (QED) is 0.859. The number of carbonyl (C=O) groups is 1. The second-order valence-electron chi connectivity index (χ2n) is 6.55. The first-order valence-corrected chi connectivity index (χ1v) is 8.54. The third-order valence-corrected chi connectivity index (χ3v) is 4.40. The maximum Gasteiger partial charge on any atom is 0.259 e. The molecule has 7 heteroatoms. The van der Waals surface area contributed by atoms with Crippen LogP contribution in [0, 0.1) is 6.92 Å². The molecule has 2 aromatic rings. The number of nitrogens with one attached hydrogen (secondary N) is 2. The molecule has 0 saturated carbocycles. The van der Waals surface area contributed by atoms with E-state index in [1.54, 1.807) is 0 Å². The van der Waals surface area contributed by atoms with Crippen molar-refractivity contribution in [2.45, 2.75) is 26.7 Å². The summed E-state index contributed by atoms with van der Waals surface area (Å²) < 4.78 is 5.27. The SMILES string of the molecule is Cc1noc2nc(C(C)C)cc(C(=O)NCCN3CCNCC3)c12. The van der Waals surface area contributed by atoms with Crippen LogP contribution in [0.25, 0.3) is 11.1 Å². The highest BCUT2D eigenvalue weighted by Crippen LogP contribution is 2.24. The van der Waals surface area contributed by atoms with Crippen LogP contribution in [0.3, 0.4) is 0 Å². The molecule has 1 saturated heterocycles. The summed E-state index contributed by atoms with van der Waals surface area (Å²) in [5, 5.41) is 11.0. The van der Waals surface area contributed by atoms with Gasteiger partial charge in [0.15, 0.2) is 0 Å². The monoisotopic (exact) mass is 331 g/mol. The summed E-state index contributed by atoms with van der Waals surface area (Å²) in [5.74, 6) is 0.123. The number of nitrogens with zero attached hydrogens (tertiary/aromatic N) is 3. The summed E-state index contributed by atoms with van der Waals surface area (Å²) in [5.41, 5.74) is 2.57. The fourth-order valence-corrected chi connectivity index (χ4v) is 2.95. The Bertz CT molecular complexity index is 719. The fraction of sp³-hybridized carbons (Fsp3) is 0.588. The molecule has 2 aromatic heterocycles. The Labute approximate surface area is 141 Å². The van der Waals surface area contributed by atoms with Gasteiger partial charge in [0, 0.05) is 45.0 Å². The molecule has 0 spiro atoms. The molecule has 130 valence electrons. The lowest BCUT2D eigenvalue weighted by molar-refractivity contribution is 0.0948. The van der Waals surface area contributed by atoms with E-state index in [9.17, 15) is 4.79 Å². The van der Waals surface area contributed by atoms with Gasteiger partial charge in [-0.05, 0) is 18.9 Å². The van der Waals surface area contributed by atoms with Crippen molar-refractivity contribution in [3.8, 4) is 0 Å². The molecule has 1 aliphatic heterocycles. The molecule has 1 aliphatic rings. The Hall–Kier alpha value is -1.99. The molecule has 0 bridgehead atoms. The molecule has 0 aliphatic carbocycles. The van der Waals surface area contributed by atoms with Crippen molar-refractivity contribution in [2.24, 2.45) is 0 Å². The minimum absolute atomic E-state index is 0.0919. The first kappa shape index (κ1) is 16.9. The molecule has 0 unspecified atom stereocenters. The Balaban J connectivity index is 1.74. The number of amides is 1. The van der Waals surface area contributed by atoms with E-state index >= 15 is 0 Å². The molecule has 3 rings (SSSR count). The van der Waals surface area contributed by atoms with Gasteiger partial charge in [-0.3, -0.25) is 9.69 Å². The highest BCUT2D eigenvalue weighted by Gasteiger charge is 2.19. The van der Waals surface area contributed by atoms with Crippen molar-refractivity contribution in [3.63, 3.8) is 0 Å². The van der Waals surface area contributed by atoms with E-state index in [-0.39, 0.29) is 11.8 Å². The zero-order valence-electron chi connectivity index (χ0n) is 14.6. The Morgan fingerprint density at radius 3 is 2.88 bits per heavy atom. The van der Waals surface area contributed by atoms with Gasteiger partial charge in [-0.2, -0.15) is 0 Å². The molecule has 0 radical (unpaired) electrons. The normalized spacial score (nSPS) is 16.0. The van der Waals surface area contributed by atoms with Gasteiger partial charge >= 0.3 is 0 Å². The van der Waals surface area contributed by atoms with E-state index in [0.29, 0.717) is 28.9 Å². The van der Waals surface area contributed by atoms with Crippen LogP contribution in [0.1, 0.15) is 41.5 Å². The smallest absolute Gasteiger partial charge is 0.259 e. The zero-order valence-corrected chi connectivity index (χ0v) is 14.6. The van der Waals surface area contributed by atoms with Crippen LogP contribution in [0.4, 0.5) is 0 Å². The molecule has 24 heavy (non-hydrogen) atoms. The fourth-order valence-electron chi connectivity index (χ4n) is 2.95. The Kier molecular flexibility index (Phi) is 5.11. The number of carbonyl (C=O) groups excluding carboxylic acids is 1. The first-order chi connectivity index (χ1) is 11.6. The standard InChI is InChI=1S/C17H25N5O2/c1-11(2)14-10-13(15-12(3)21-24-17(15)20-14)16(23)19-6-9-22-7-4-18-5-8-22/h10-11,18H,4-9H2,1-3H3,(H,19,23). The van der Waals surface area contributed by atoms with Gasteiger partial charge in [0.1, 0.15) is 0 Å². The van der Waals surface area contributed by atoms with Crippen LogP contribution in [-0.2, 0) is 0 Å². The molecule has 7 nitrogen and oxygen atoms in total. The van der Waals surface area contributed by atoms with E-state index in [1.807, 2.05) is 26.8 Å². The summed E-state index contributed by atoms with van der Waals surface area (Å²) in [6, 6.07) is 1.86. The lowest BCUT2D eigenvalue weighted by Crippen LogP contribution is -2.46. The number of piperazine rings is 1. The average Bonchev–Trinajstić information content (AvgIpc) is 2.96. The first-order valence-electron chi connectivity index (χ1n) is 8.54. The summed E-state index contributed by atoms with van der Waals surface area (Å²) in [4.78, 5) is 19.5. The molecule has 1 fully saturated rings. The van der Waals surface area contributed by atoms with E-state index < -0.39 is 0 Å². The third kappa shape index (κ3) is 3.57. The third-order valence-electron chi connectivity index (χ3n) is 4.40. The molecule has 2 N–H and O–H groups in total. The number of aromatic nitrogens is 2. The second kappa shape index (κ2) is 7.27. The van der Waals surface area contributed by atoms with Crippen LogP contribution in [0.2, 0.25) is 0 Å². The van der Waals surface area contributed by atoms with Crippen LogP contribution in [0.5, 0.6) is 0 Å². The highest BCUT2D eigenvalue weighted by atomic mass is 16.5. The van der Waals surface area contributed by atoms with E-state index in [0.717, 1.165) is 38.4 Å². The molecule has 1 amide bonds. The van der Waals surface area contributed by atoms with Crippen molar-refractivity contribution >= 4 is 17.0 Å². The van der Waals surface area contributed by atoms with Gasteiger partial charge in [0.2, 0.25) is 0 Å². The molecular weight excluding hydrogens is 306 g/mol. The van der Waals surface area contributed by atoms with Gasteiger partial charge in [-0.25, -0.2) is 4.98 Å². The Morgan fingerprint density at radius 1 is 1.42 bits per heavy atom. The molecule has 0 aromatic carbocycles. The van der Waals surface area contributed by atoms with Crippen molar-refractivity contribution < 1.29 is 9.32 Å². The van der Waals surface area contributed by atoms with Gasteiger partial charge in [0.05, 0.1) is 16.6 Å². The number of fused-ring (bicyclic) bond motifs is 1. The molecule has 0 atom stereocenters. The summed E-state index contributed by atoms with van der Waals surface area (Å²) >= 11 is 0. The predicted octanol–water partition coefficient (Wildman–Crippen LogP) is 1.29. The number of rotatable bonds is 5. The van der Waals surface area contributed by atoms with Crippen molar-refractivity contribution in [1.29, 1.82) is 0 Å². The minimum Gasteiger partial charge on any atom is -0.351 e. The number of aryl methyl sites for hydroxylation is 1. The van der Waals surface area contributed by atoms with Crippen molar-refractivity contribution in [3.05, 3.63) is 23.0 Å². The van der Waals surface area contributed by atoms with E-state index in [4.69, 9.17) is 4.52 Å². The van der Waals surface area contributed by atoms with Crippen molar-refractivity contribution in [2.75, 3.05) is 39.3 Å². The van der Waals surface area contributed by atoms with Crippen LogP contribution >= 0.6 is 0 Å². The van der Waals surface area contributed by atoms with Gasteiger partial charge in [-0.1, -0.05) is 19.0 Å². The lowest BCUT2D eigenvalue weighted by atomic mass is 10.0. The minimum atomic E-state index is -0.0919. The van der Waals surface area contributed by atoms with Gasteiger partial charge in [-0.15, -0.1) is 0 Å².